The van der Waals surface area contributed by atoms with Gasteiger partial charge in [-0.05, 0) is 75.0 Å². The van der Waals surface area contributed by atoms with Gasteiger partial charge in [0.25, 0.3) is 0 Å². The molecule has 2 N–H and O–H groups in total. The number of carboxylic acid groups (broad SMARTS) is 1. The normalized spacial score (nSPS) is 40.5. The van der Waals surface area contributed by atoms with Crippen molar-refractivity contribution in [1.29, 1.82) is 0 Å². The zero-order chi connectivity index (χ0) is 17.5. The summed E-state index contributed by atoms with van der Waals surface area (Å²) in [5.41, 5.74) is 0.761. The lowest BCUT2D eigenvalue weighted by atomic mass is 9.45. The van der Waals surface area contributed by atoms with Crippen molar-refractivity contribution >= 4 is 5.97 Å². The number of fused-ring (bicyclic) bond motifs is 1. The van der Waals surface area contributed by atoms with E-state index in [-0.39, 0.29) is 11.3 Å². The summed E-state index contributed by atoms with van der Waals surface area (Å²) >= 11 is 0. The highest BCUT2D eigenvalue weighted by atomic mass is 16.4. The standard InChI is InChI=1S/C20H34O3/c1-14(13-17(21)22)7-8-16-19(4)11-6-10-18(2,3)15(19)9-12-20(16,5)23/h13,15-16,23H,6-12H2,1-5H3,(H,21,22)/b14-13+/t15-,16+,19-,20+/m1/s1. The van der Waals surface area contributed by atoms with E-state index in [2.05, 4.69) is 20.8 Å². The van der Waals surface area contributed by atoms with Gasteiger partial charge in [-0.15, -0.1) is 0 Å². The molecule has 0 unspecified atom stereocenters. The number of carbonyl (C=O) groups is 1. The molecular weight excluding hydrogens is 288 g/mol. The average Bonchev–Trinajstić information content (AvgIpc) is 2.34. The monoisotopic (exact) mass is 322 g/mol. The Morgan fingerprint density at radius 2 is 1.83 bits per heavy atom. The molecule has 0 aliphatic heterocycles. The van der Waals surface area contributed by atoms with Crippen molar-refractivity contribution in [2.45, 2.75) is 85.2 Å². The molecule has 132 valence electrons. The fourth-order valence-electron chi connectivity index (χ4n) is 5.92. The number of aliphatic hydroxyl groups is 1. The molecule has 3 nitrogen and oxygen atoms in total. The average molecular weight is 322 g/mol. The van der Waals surface area contributed by atoms with Gasteiger partial charge in [0, 0.05) is 6.08 Å². The summed E-state index contributed by atoms with van der Waals surface area (Å²) in [6.45, 7) is 11.0. The van der Waals surface area contributed by atoms with E-state index in [1.165, 1.54) is 25.3 Å². The molecule has 23 heavy (non-hydrogen) atoms. The van der Waals surface area contributed by atoms with Crippen LogP contribution in [0.5, 0.6) is 0 Å². The van der Waals surface area contributed by atoms with Crippen molar-refractivity contribution in [3.05, 3.63) is 11.6 Å². The molecule has 2 aliphatic carbocycles. The van der Waals surface area contributed by atoms with Crippen molar-refractivity contribution in [3.63, 3.8) is 0 Å². The molecule has 0 aromatic heterocycles. The van der Waals surface area contributed by atoms with E-state index < -0.39 is 11.6 Å². The summed E-state index contributed by atoms with van der Waals surface area (Å²) in [6, 6.07) is 0. The number of hydrogen-bond acceptors (Lipinski definition) is 2. The summed E-state index contributed by atoms with van der Waals surface area (Å²) in [5.74, 6) is 0.0176. The van der Waals surface area contributed by atoms with Crippen LogP contribution in [0.1, 0.15) is 79.6 Å². The Kier molecular flexibility index (Phi) is 5.02. The number of aliphatic carboxylic acids is 1. The Morgan fingerprint density at radius 3 is 2.43 bits per heavy atom. The highest BCUT2D eigenvalue weighted by Gasteiger charge is 2.57. The van der Waals surface area contributed by atoms with Gasteiger partial charge in [0.1, 0.15) is 0 Å². The van der Waals surface area contributed by atoms with Gasteiger partial charge >= 0.3 is 5.97 Å². The molecule has 3 heteroatoms. The Morgan fingerprint density at radius 1 is 1.17 bits per heavy atom. The molecule has 2 saturated carbocycles. The van der Waals surface area contributed by atoms with E-state index in [1.807, 2.05) is 13.8 Å². The molecule has 0 aromatic carbocycles. The molecule has 0 spiro atoms. The van der Waals surface area contributed by atoms with Crippen LogP contribution in [-0.2, 0) is 4.79 Å². The first kappa shape index (κ1) is 18.5. The second-order valence-electron chi connectivity index (χ2n) is 9.22. The molecule has 0 bridgehead atoms. The van der Waals surface area contributed by atoms with Gasteiger partial charge in [0.05, 0.1) is 5.60 Å². The summed E-state index contributed by atoms with van der Waals surface area (Å²) in [4.78, 5) is 10.8. The van der Waals surface area contributed by atoms with Crippen LogP contribution in [-0.4, -0.2) is 21.8 Å². The molecule has 0 radical (unpaired) electrons. The summed E-state index contributed by atoms with van der Waals surface area (Å²) in [7, 11) is 0. The van der Waals surface area contributed by atoms with Gasteiger partial charge in [-0.1, -0.05) is 32.8 Å². The van der Waals surface area contributed by atoms with E-state index in [9.17, 15) is 9.90 Å². The van der Waals surface area contributed by atoms with Crippen LogP contribution in [0.15, 0.2) is 11.6 Å². The van der Waals surface area contributed by atoms with E-state index in [0.29, 0.717) is 11.3 Å². The third kappa shape index (κ3) is 3.65. The molecule has 0 heterocycles. The zero-order valence-corrected chi connectivity index (χ0v) is 15.5. The molecule has 0 saturated heterocycles. The molecule has 4 atom stereocenters. The van der Waals surface area contributed by atoms with E-state index in [1.54, 1.807) is 0 Å². The lowest BCUT2D eigenvalue weighted by Gasteiger charge is -2.61. The fourth-order valence-corrected chi connectivity index (χ4v) is 5.92. The van der Waals surface area contributed by atoms with Crippen molar-refractivity contribution < 1.29 is 15.0 Å². The van der Waals surface area contributed by atoms with Crippen LogP contribution in [0.3, 0.4) is 0 Å². The van der Waals surface area contributed by atoms with Crippen molar-refractivity contribution in [1.82, 2.24) is 0 Å². The first-order chi connectivity index (χ1) is 10.5. The minimum Gasteiger partial charge on any atom is -0.478 e. The molecule has 2 fully saturated rings. The number of carboxylic acids is 1. The molecule has 0 amide bonds. The first-order valence-corrected chi connectivity index (χ1v) is 9.11. The van der Waals surface area contributed by atoms with E-state index in [4.69, 9.17) is 5.11 Å². The van der Waals surface area contributed by atoms with E-state index >= 15 is 0 Å². The predicted octanol–water partition coefficient (Wildman–Crippen LogP) is 4.79. The van der Waals surface area contributed by atoms with Crippen molar-refractivity contribution in [2.24, 2.45) is 22.7 Å². The maximum Gasteiger partial charge on any atom is 0.328 e. The van der Waals surface area contributed by atoms with Crippen LogP contribution in [0, 0.1) is 22.7 Å². The highest BCUT2D eigenvalue weighted by Crippen LogP contribution is 2.62. The van der Waals surface area contributed by atoms with Gasteiger partial charge in [-0.3, -0.25) is 0 Å². The quantitative estimate of drug-likeness (QED) is 0.732. The second kappa shape index (κ2) is 6.23. The van der Waals surface area contributed by atoms with Crippen LogP contribution < -0.4 is 0 Å². The Balaban J connectivity index is 2.24. The van der Waals surface area contributed by atoms with Gasteiger partial charge in [0.2, 0.25) is 0 Å². The second-order valence-corrected chi connectivity index (χ2v) is 9.22. The van der Waals surface area contributed by atoms with Crippen LogP contribution >= 0.6 is 0 Å². The first-order valence-electron chi connectivity index (χ1n) is 9.11. The van der Waals surface area contributed by atoms with Gasteiger partial charge in [0.15, 0.2) is 0 Å². The van der Waals surface area contributed by atoms with Crippen LogP contribution in [0.4, 0.5) is 0 Å². The third-order valence-corrected chi connectivity index (χ3v) is 6.96. The molecule has 0 aromatic rings. The molecule has 2 rings (SSSR count). The maximum atomic E-state index is 11.1. The largest absolute Gasteiger partial charge is 0.478 e. The topological polar surface area (TPSA) is 57.5 Å². The number of allylic oxidation sites excluding steroid dienone is 1. The van der Waals surface area contributed by atoms with Crippen molar-refractivity contribution in [2.75, 3.05) is 0 Å². The Hall–Kier alpha value is -0.830. The maximum absolute atomic E-state index is 11.1. The summed E-state index contributed by atoms with van der Waals surface area (Å²) < 4.78 is 0. The van der Waals surface area contributed by atoms with Gasteiger partial charge < -0.3 is 10.2 Å². The minimum absolute atomic E-state index is 0.160. The third-order valence-electron chi connectivity index (χ3n) is 6.96. The predicted molar refractivity (Wildman–Crippen MR) is 93.2 cm³/mol. The van der Waals surface area contributed by atoms with E-state index in [0.717, 1.165) is 31.3 Å². The SMILES string of the molecule is C/C(=C\C(=O)O)CC[C@H]1[C@]2(C)CCCC(C)(C)[C@H]2CC[C@]1(C)O. The summed E-state index contributed by atoms with van der Waals surface area (Å²) in [6.07, 6.45) is 8.61. The highest BCUT2D eigenvalue weighted by molar-refractivity contribution is 5.80. The fraction of sp³-hybridized carbons (Fsp3) is 0.850. The molecular formula is C20H34O3. The Labute approximate surface area is 141 Å². The lowest BCUT2D eigenvalue weighted by Crippen LogP contribution is -2.57. The number of rotatable bonds is 4. The smallest absolute Gasteiger partial charge is 0.328 e. The number of hydrogen-bond donors (Lipinski definition) is 2. The van der Waals surface area contributed by atoms with Crippen LogP contribution in [0.2, 0.25) is 0 Å². The van der Waals surface area contributed by atoms with Crippen LogP contribution in [0.25, 0.3) is 0 Å². The van der Waals surface area contributed by atoms with Crippen molar-refractivity contribution in [3.8, 4) is 0 Å². The summed E-state index contributed by atoms with van der Waals surface area (Å²) in [5, 5.41) is 20.0. The molecule has 2 aliphatic rings. The zero-order valence-electron chi connectivity index (χ0n) is 15.5. The van der Waals surface area contributed by atoms with Gasteiger partial charge in [-0.25, -0.2) is 4.79 Å². The minimum atomic E-state index is -0.874. The Bertz CT molecular complexity index is 489. The lowest BCUT2D eigenvalue weighted by molar-refractivity contribution is -0.168. The van der Waals surface area contributed by atoms with Gasteiger partial charge in [-0.2, -0.15) is 0 Å².